The van der Waals surface area contributed by atoms with Gasteiger partial charge in [-0.1, -0.05) is 60.2 Å². The largest absolute Gasteiger partial charge is 0.352 e. The third-order valence-corrected chi connectivity index (χ3v) is 5.65. The molecule has 0 aliphatic heterocycles. The van der Waals surface area contributed by atoms with Gasteiger partial charge in [-0.05, 0) is 45.2 Å². The predicted molar refractivity (Wildman–Crippen MR) is 122 cm³/mol. The molecule has 2 rings (SSSR count). The number of nitrogens with one attached hydrogen (secondary N) is 1. The van der Waals surface area contributed by atoms with Gasteiger partial charge in [-0.2, -0.15) is 0 Å². The highest BCUT2D eigenvalue weighted by Crippen LogP contribution is 2.15. The number of carbonyl (C=O) groups excluding carboxylic acids is 2. The number of rotatable bonds is 10. The van der Waals surface area contributed by atoms with Crippen molar-refractivity contribution in [2.75, 3.05) is 12.3 Å². The molecule has 0 radical (unpaired) electrons. The highest BCUT2D eigenvalue weighted by atomic mass is 32.2. The van der Waals surface area contributed by atoms with E-state index in [9.17, 15) is 9.59 Å². The van der Waals surface area contributed by atoms with Gasteiger partial charge < -0.3 is 10.2 Å². The molecule has 2 amide bonds. The average molecular weight is 413 g/mol. The minimum atomic E-state index is -0.492. The molecule has 2 aromatic rings. The van der Waals surface area contributed by atoms with E-state index in [0.29, 0.717) is 12.3 Å². The molecule has 0 fully saturated rings. The summed E-state index contributed by atoms with van der Waals surface area (Å²) in [7, 11) is 0. The van der Waals surface area contributed by atoms with E-state index in [0.717, 1.165) is 17.7 Å². The second kappa shape index (κ2) is 11.7. The van der Waals surface area contributed by atoms with Gasteiger partial charge in [-0.15, -0.1) is 11.8 Å². The van der Waals surface area contributed by atoms with E-state index in [4.69, 9.17) is 0 Å². The molecule has 0 heterocycles. The van der Waals surface area contributed by atoms with Gasteiger partial charge in [0.25, 0.3) is 0 Å². The Balaban J connectivity index is 1.99. The highest BCUT2D eigenvalue weighted by molar-refractivity contribution is 7.99. The van der Waals surface area contributed by atoms with Gasteiger partial charge in [0.1, 0.15) is 6.04 Å². The molecule has 0 aliphatic rings. The third kappa shape index (κ3) is 7.94. The topological polar surface area (TPSA) is 49.4 Å². The van der Waals surface area contributed by atoms with Crippen molar-refractivity contribution >= 4 is 23.6 Å². The number of nitrogens with zero attached hydrogens (tertiary/aromatic N) is 1. The number of carbonyl (C=O) groups is 2. The van der Waals surface area contributed by atoms with Gasteiger partial charge in [-0.25, -0.2) is 0 Å². The molecule has 5 heteroatoms. The van der Waals surface area contributed by atoms with Crippen LogP contribution in [0.3, 0.4) is 0 Å². The lowest BCUT2D eigenvalue weighted by Gasteiger charge is -2.29. The van der Waals surface area contributed by atoms with Crippen LogP contribution in [-0.4, -0.2) is 41.1 Å². The minimum absolute atomic E-state index is 0.00462. The summed E-state index contributed by atoms with van der Waals surface area (Å²) in [5, 5.41) is 2.92. The summed E-state index contributed by atoms with van der Waals surface area (Å²) in [4.78, 5) is 27.2. The maximum absolute atomic E-state index is 13.0. The second-order valence-electron chi connectivity index (χ2n) is 7.64. The van der Waals surface area contributed by atoms with E-state index in [1.807, 2.05) is 57.2 Å². The van der Waals surface area contributed by atoms with Gasteiger partial charge >= 0.3 is 0 Å². The van der Waals surface area contributed by atoms with Crippen LogP contribution in [0.4, 0.5) is 0 Å². The van der Waals surface area contributed by atoms with E-state index >= 15 is 0 Å². The second-order valence-corrected chi connectivity index (χ2v) is 8.63. The fourth-order valence-corrected chi connectivity index (χ4v) is 3.97. The Morgan fingerprint density at radius 1 is 1.00 bits per heavy atom. The highest BCUT2D eigenvalue weighted by Gasteiger charge is 2.25. The van der Waals surface area contributed by atoms with Crippen LogP contribution in [0, 0.1) is 6.92 Å². The zero-order valence-corrected chi connectivity index (χ0v) is 18.7. The third-order valence-electron chi connectivity index (χ3n) is 4.66. The first-order chi connectivity index (χ1) is 13.9. The zero-order chi connectivity index (χ0) is 21.2. The molecular weight excluding hydrogens is 380 g/mol. The quantitative estimate of drug-likeness (QED) is 0.636. The Kier molecular flexibility index (Phi) is 9.26. The molecule has 1 N–H and O–H groups in total. The van der Waals surface area contributed by atoms with Crippen molar-refractivity contribution in [3.05, 3.63) is 71.3 Å². The van der Waals surface area contributed by atoms with Crippen LogP contribution in [0.5, 0.6) is 0 Å². The number of amides is 2. The standard InChI is InChI=1S/C24H32N2O2S/c1-18(2)25-24(28)20(4)26(14-13-21-10-6-5-7-11-21)23(27)17-29-16-22-12-8-9-19(3)15-22/h5-12,15,18,20H,13-14,16-17H2,1-4H3,(H,25,28)/t20-/m0/s1. The monoisotopic (exact) mass is 412 g/mol. The van der Waals surface area contributed by atoms with Crippen LogP contribution >= 0.6 is 11.8 Å². The maximum Gasteiger partial charge on any atom is 0.242 e. The van der Waals surface area contributed by atoms with Crippen molar-refractivity contribution in [3.63, 3.8) is 0 Å². The zero-order valence-electron chi connectivity index (χ0n) is 17.9. The van der Waals surface area contributed by atoms with Crippen LogP contribution in [0.1, 0.15) is 37.5 Å². The lowest BCUT2D eigenvalue weighted by Crippen LogP contribution is -2.50. The summed E-state index contributed by atoms with van der Waals surface area (Å²) in [5.41, 5.74) is 3.59. The molecule has 29 heavy (non-hydrogen) atoms. The molecule has 1 atom stereocenters. The van der Waals surface area contributed by atoms with E-state index in [1.54, 1.807) is 16.7 Å². The molecule has 156 valence electrons. The van der Waals surface area contributed by atoms with E-state index in [-0.39, 0.29) is 17.9 Å². The first-order valence-electron chi connectivity index (χ1n) is 10.1. The summed E-state index contributed by atoms with van der Waals surface area (Å²) in [6.07, 6.45) is 0.731. The lowest BCUT2D eigenvalue weighted by atomic mass is 10.1. The van der Waals surface area contributed by atoms with Crippen molar-refractivity contribution in [1.82, 2.24) is 10.2 Å². The SMILES string of the molecule is Cc1cccc(CSCC(=O)N(CCc2ccccc2)[C@@H](C)C(=O)NC(C)C)c1. The first kappa shape index (κ1) is 23.0. The van der Waals surface area contributed by atoms with E-state index in [1.165, 1.54) is 11.1 Å². The van der Waals surface area contributed by atoms with Crippen LogP contribution in [0.2, 0.25) is 0 Å². The number of hydrogen-bond donors (Lipinski definition) is 1. The number of hydrogen-bond acceptors (Lipinski definition) is 3. The number of aryl methyl sites for hydroxylation is 1. The van der Waals surface area contributed by atoms with Crippen LogP contribution in [0.15, 0.2) is 54.6 Å². The molecule has 0 saturated carbocycles. The van der Waals surface area contributed by atoms with Gasteiger partial charge in [-0.3, -0.25) is 9.59 Å². The molecule has 4 nitrogen and oxygen atoms in total. The normalized spacial score (nSPS) is 11.9. The molecular formula is C24H32N2O2S. The smallest absolute Gasteiger partial charge is 0.242 e. The summed E-state index contributed by atoms with van der Waals surface area (Å²) >= 11 is 1.59. The summed E-state index contributed by atoms with van der Waals surface area (Å²) in [6, 6.07) is 18.0. The summed E-state index contributed by atoms with van der Waals surface area (Å²) < 4.78 is 0. The van der Waals surface area contributed by atoms with Gasteiger partial charge in [0.2, 0.25) is 11.8 Å². The molecule has 0 aromatic heterocycles. The number of thioether (sulfide) groups is 1. The van der Waals surface area contributed by atoms with Crippen LogP contribution in [0.25, 0.3) is 0 Å². The predicted octanol–water partition coefficient (Wildman–Crippen LogP) is 4.21. The molecule has 0 bridgehead atoms. The first-order valence-corrected chi connectivity index (χ1v) is 11.3. The van der Waals surface area contributed by atoms with Crippen molar-refractivity contribution in [1.29, 1.82) is 0 Å². The van der Waals surface area contributed by atoms with E-state index < -0.39 is 6.04 Å². The Bertz CT molecular complexity index is 792. The average Bonchev–Trinajstić information content (AvgIpc) is 2.68. The van der Waals surface area contributed by atoms with Crippen molar-refractivity contribution in [2.24, 2.45) is 0 Å². The Labute approximate surface area is 179 Å². The van der Waals surface area contributed by atoms with Gasteiger partial charge in [0.15, 0.2) is 0 Å². The molecule has 0 saturated heterocycles. The van der Waals surface area contributed by atoms with Gasteiger partial charge in [0, 0.05) is 18.3 Å². The maximum atomic E-state index is 13.0. The summed E-state index contributed by atoms with van der Waals surface area (Å²) in [6.45, 7) is 8.27. The Morgan fingerprint density at radius 2 is 1.69 bits per heavy atom. The number of benzene rings is 2. The molecule has 0 aliphatic carbocycles. The Hall–Kier alpha value is -2.27. The van der Waals surface area contributed by atoms with Crippen molar-refractivity contribution in [2.45, 2.75) is 52.0 Å². The molecule has 0 unspecified atom stereocenters. The molecule has 2 aromatic carbocycles. The fourth-order valence-electron chi connectivity index (χ4n) is 3.12. The lowest BCUT2D eigenvalue weighted by molar-refractivity contribution is -0.138. The van der Waals surface area contributed by atoms with Gasteiger partial charge in [0.05, 0.1) is 5.75 Å². The van der Waals surface area contributed by atoms with Crippen LogP contribution in [-0.2, 0) is 21.8 Å². The van der Waals surface area contributed by atoms with E-state index in [2.05, 4.69) is 30.4 Å². The van der Waals surface area contributed by atoms with Crippen molar-refractivity contribution < 1.29 is 9.59 Å². The Morgan fingerprint density at radius 3 is 2.34 bits per heavy atom. The van der Waals surface area contributed by atoms with Crippen molar-refractivity contribution in [3.8, 4) is 0 Å². The molecule has 0 spiro atoms. The van der Waals surface area contributed by atoms with Crippen LogP contribution < -0.4 is 5.32 Å². The fraction of sp³-hybridized carbons (Fsp3) is 0.417. The minimum Gasteiger partial charge on any atom is -0.352 e. The summed E-state index contributed by atoms with van der Waals surface area (Å²) in [5.74, 6) is 1.05.